The molecule has 0 heterocycles. The van der Waals surface area contributed by atoms with E-state index >= 15 is 0 Å². The van der Waals surface area contributed by atoms with Gasteiger partial charge < -0.3 is 10.8 Å². The highest BCUT2D eigenvalue weighted by molar-refractivity contribution is 5.32. The minimum atomic E-state index is -0.533. The van der Waals surface area contributed by atoms with Crippen LogP contribution in [0.25, 0.3) is 0 Å². The van der Waals surface area contributed by atoms with E-state index in [4.69, 9.17) is 5.73 Å². The van der Waals surface area contributed by atoms with Crippen molar-refractivity contribution in [3.63, 3.8) is 0 Å². The molecular formula is C13H19NO. The van der Waals surface area contributed by atoms with E-state index in [9.17, 15) is 5.11 Å². The number of hydrogen-bond donors (Lipinski definition) is 2. The summed E-state index contributed by atoms with van der Waals surface area (Å²) in [5.41, 5.74) is 7.51. The summed E-state index contributed by atoms with van der Waals surface area (Å²) >= 11 is 0. The lowest BCUT2D eigenvalue weighted by atomic mass is 9.94. The molecule has 15 heavy (non-hydrogen) atoms. The van der Waals surface area contributed by atoms with Crippen LogP contribution in [0.2, 0.25) is 0 Å². The summed E-state index contributed by atoms with van der Waals surface area (Å²) in [6.07, 6.45) is 2.63. The van der Waals surface area contributed by atoms with Gasteiger partial charge in [0.1, 0.15) is 0 Å². The highest BCUT2D eigenvalue weighted by Crippen LogP contribution is 2.45. The first-order valence-electron chi connectivity index (χ1n) is 5.50. The van der Waals surface area contributed by atoms with Crippen molar-refractivity contribution < 1.29 is 5.11 Å². The van der Waals surface area contributed by atoms with Gasteiger partial charge >= 0.3 is 0 Å². The van der Waals surface area contributed by atoms with Gasteiger partial charge in [0.25, 0.3) is 0 Å². The average Bonchev–Trinajstić information content (AvgIpc) is 2.82. The van der Waals surface area contributed by atoms with Gasteiger partial charge in [-0.1, -0.05) is 24.3 Å². The van der Waals surface area contributed by atoms with Crippen LogP contribution >= 0.6 is 0 Å². The SMILES string of the molecule is CC(C)(N)Cc1cccc(C2(O)CC2)c1. The molecule has 0 aliphatic heterocycles. The monoisotopic (exact) mass is 205 g/mol. The topological polar surface area (TPSA) is 46.2 Å². The number of hydrogen-bond acceptors (Lipinski definition) is 2. The van der Waals surface area contributed by atoms with Crippen LogP contribution in [0.1, 0.15) is 37.8 Å². The Hall–Kier alpha value is -0.860. The van der Waals surface area contributed by atoms with Crippen molar-refractivity contribution in [3.05, 3.63) is 35.4 Å². The maximum Gasteiger partial charge on any atom is 0.0899 e. The Kier molecular flexibility index (Phi) is 2.36. The summed E-state index contributed by atoms with van der Waals surface area (Å²) in [5, 5.41) is 9.99. The van der Waals surface area contributed by atoms with Crippen LogP contribution in [0.3, 0.4) is 0 Å². The van der Waals surface area contributed by atoms with Gasteiger partial charge in [-0.25, -0.2) is 0 Å². The molecule has 82 valence electrons. The number of aliphatic hydroxyl groups is 1. The third-order valence-electron chi connectivity index (χ3n) is 2.85. The lowest BCUT2D eigenvalue weighted by Crippen LogP contribution is -2.34. The molecular weight excluding hydrogens is 186 g/mol. The van der Waals surface area contributed by atoms with Crippen molar-refractivity contribution in [1.29, 1.82) is 0 Å². The van der Waals surface area contributed by atoms with E-state index in [-0.39, 0.29) is 5.54 Å². The van der Waals surface area contributed by atoms with E-state index in [0.29, 0.717) is 0 Å². The highest BCUT2D eigenvalue weighted by Gasteiger charge is 2.42. The molecule has 2 heteroatoms. The molecule has 0 unspecified atom stereocenters. The molecule has 0 amide bonds. The first kappa shape index (κ1) is 10.7. The van der Waals surface area contributed by atoms with Crippen LogP contribution in [-0.2, 0) is 12.0 Å². The normalized spacial score (nSPS) is 18.9. The summed E-state index contributed by atoms with van der Waals surface area (Å²) in [6, 6.07) is 8.16. The Balaban J connectivity index is 2.20. The van der Waals surface area contributed by atoms with Crippen LogP contribution in [0, 0.1) is 0 Å². The zero-order chi connectivity index (χ0) is 11.1. The van der Waals surface area contributed by atoms with Crippen molar-refractivity contribution in [2.24, 2.45) is 5.73 Å². The molecule has 1 fully saturated rings. The third-order valence-corrected chi connectivity index (χ3v) is 2.85. The van der Waals surface area contributed by atoms with Gasteiger partial charge in [0.15, 0.2) is 0 Å². The predicted octanol–water partition coefficient (Wildman–Crippen LogP) is 1.95. The van der Waals surface area contributed by atoms with Crippen molar-refractivity contribution in [1.82, 2.24) is 0 Å². The fourth-order valence-corrected chi connectivity index (χ4v) is 1.90. The summed E-state index contributed by atoms with van der Waals surface area (Å²) in [4.78, 5) is 0. The van der Waals surface area contributed by atoms with Gasteiger partial charge in [0.2, 0.25) is 0 Å². The number of rotatable bonds is 3. The standard InChI is InChI=1S/C13H19NO/c1-12(2,14)9-10-4-3-5-11(8-10)13(15)6-7-13/h3-5,8,15H,6-7,9,14H2,1-2H3. The molecule has 1 aliphatic rings. The van der Waals surface area contributed by atoms with Crippen molar-refractivity contribution in [2.45, 2.75) is 44.2 Å². The minimum absolute atomic E-state index is 0.190. The second-order valence-corrected chi connectivity index (χ2v) is 5.40. The fourth-order valence-electron chi connectivity index (χ4n) is 1.90. The molecule has 0 atom stereocenters. The third kappa shape index (κ3) is 2.58. The lowest BCUT2D eigenvalue weighted by molar-refractivity contribution is 0.151. The summed E-state index contributed by atoms with van der Waals surface area (Å²) in [6.45, 7) is 4.04. The second-order valence-electron chi connectivity index (χ2n) is 5.40. The number of nitrogens with two attached hydrogens (primary N) is 1. The Morgan fingerprint density at radius 1 is 1.40 bits per heavy atom. The molecule has 2 nitrogen and oxygen atoms in total. The van der Waals surface area contributed by atoms with E-state index in [0.717, 1.165) is 24.8 Å². The molecule has 1 aromatic carbocycles. The quantitative estimate of drug-likeness (QED) is 0.792. The maximum atomic E-state index is 9.99. The van der Waals surface area contributed by atoms with E-state index < -0.39 is 5.60 Å². The Labute approximate surface area is 91.1 Å². The minimum Gasteiger partial charge on any atom is -0.385 e. The molecule has 0 bridgehead atoms. The molecule has 2 rings (SSSR count). The molecule has 0 saturated heterocycles. The van der Waals surface area contributed by atoms with Gasteiger partial charge in [-0.15, -0.1) is 0 Å². The smallest absolute Gasteiger partial charge is 0.0899 e. The molecule has 1 aliphatic carbocycles. The van der Waals surface area contributed by atoms with Crippen LogP contribution in [0.5, 0.6) is 0 Å². The van der Waals surface area contributed by atoms with Crippen LogP contribution < -0.4 is 5.73 Å². The van der Waals surface area contributed by atoms with Crippen molar-refractivity contribution >= 4 is 0 Å². The van der Waals surface area contributed by atoms with E-state index in [2.05, 4.69) is 12.1 Å². The summed E-state index contributed by atoms with van der Waals surface area (Å²) in [5.74, 6) is 0. The van der Waals surface area contributed by atoms with E-state index in [1.54, 1.807) is 0 Å². The van der Waals surface area contributed by atoms with Gasteiger partial charge in [0.05, 0.1) is 5.60 Å². The predicted molar refractivity (Wildman–Crippen MR) is 61.5 cm³/mol. The molecule has 3 N–H and O–H groups in total. The Morgan fingerprint density at radius 2 is 2.07 bits per heavy atom. The molecule has 0 radical (unpaired) electrons. The van der Waals surface area contributed by atoms with Crippen LogP contribution in [0.15, 0.2) is 24.3 Å². The first-order valence-corrected chi connectivity index (χ1v) is 5.50. The Morgan fingerprint density at radius 3 is 2.60 bits per heavy atom. The fraction of sp³-hybridized carbons (Fsp3) is 0.538. The van der Waals surface area contributed by atoms with E-state index in [1.807, 2.05) is 26.0 Å². The largest absolute Gasteiger partial charge is 0.385 e. The van der Waals surface area contributed by atoms with Gasteiger partial charge in [-0.3, -0.25) is 0 Å². The van der Waals surface area contributed by atoms with Crippen LogP contribution in [0.4, 0.5) is 0 Å². The number of benzene rings is 1. The Bertz CT molecular complexity index is 361. The highest BCUT2D eigenvalue weighted by atomic mass is 16.3. The second kappa shape index (κ2) is 3.32. The van der Waals surface area contributed by atoms with E-state index in [1.165, 1.54) is 5.56 Å². The average molecular weight is 205 g/mol. The van der Waals surface area contributed by atoms with Gasteiger partial charge in [0, 0.05) is 5.54 Å². The summed E-state index contributed by atoms with van der Waals surface area (Å²) in [7, 11) is 0. The maximum absolute atomic E-state index is 9.99. The van der Waals surface area contributed by atoms with Crippen LogP contribution in [-0.4, -0.2) is 10.6 Å². The van der Waals surface area contributed by atoms with Gasteiger partial charge in [-0.2, -0.15) is 0 Å². The first-order chi connectivity index (χ1) is 6.89. The zero-order valence-corrected chi connectivity index (χ0v) is 9.46. The molecule has 0 aromatic heterocycles. The summed E-state index contributed by atoms with van der Waals surface area (Å²) < 4.78 is 0. The molecule has 0 spiro atoms. The molecule has 1 aromatic rings. The van der Waals surface area contributed by atoms with Gasteiger partial charge in [-0.05, 0) is 44.2 Å². The zero-order valence-electron chi connectivity index (χ0n) is 9.46. The van der Waals surface area contributed by atoms with Crippen molar-refractivity contribution in [3.8, 4) is 0 Å². The van der Waals surface area contributed by atoms with Crippen molar-refractivity contribution in [2.75, 3.05) is 0 Å². The lowest BCUT2D eigenvalue weighted by Gasteiger charge is -2.19. The molecule has 1 saturated carbocycles.